The van der Waals surface area contributed by atoms with Crippen molar-refractivity contribution >= 4 is 15.8 Å². The fourth-order valence-corrected chi connectivity index (χ4v) is 4.42. The Labute approximate surface area is 117 Å². The van der Waals surface area contributed by atoms with Gasteiger partial charge in [0.1, 0.15) is 0 Å². The molecule has 0 amide bonds. The van der Waals surface area contributed by atoms with Crippen molar-refractivity contribution < 1.29 is 17.9 Å². The van der Waals surface area contributed by atoms with Crippen LogP contribution >= 0.6 is 0 Å². The standard InChI is InChI=1S/C14H26O4S/c1-6-10-11-14(19(5,16)17,12(7-2)8-3)13(15)18-9-4/h6,12H,1,7-11H2,2-5H3. The Hall–Kier alpha value is -0.840. The lowest BCUT2D eigenvalue weighted by Crippen LogP contribution is -2.52. The van der Waals surface area contributed by atoms with Gasteiger partial charge in [-0.25, -0.2) is 8.42 Å². The number of rotatable bonds is 9. The average Bonchev–Trinajstić information content (AvgIpc) is 2.33. The number of hydrogen-bond acceptors (Lipinski definition) is 4. The highest BCUT2D eigenvalue weighted by Gasteiger charge is 2.53. The Bertz CT molecular complexity index is 396. The zero-order valence-corrected chi connectivity index (χ0v) is 13.3. The number of hydrogen-bond donors (Lipinski definition) is 0. The lowest BCUT2D eigenvalue weighted by Gasteiger charge is -2.36. The summed E-state index contributed by atoms with van der Waals surface area (Å²) in [6, 6.07) is 0. The van der Waals surface area contributed by atoms with Crippen LogP contribution in [0.15, 0.2) is 12.7 Å². The summed E-state index contributed by atoms with van der Waals surface area (Å²) in [6.45, 7) is 9.29. The largest absolute Gasteiger partial charge is 0.465 e. The maximum absolute atomic E-state index is 12.3. The van der Waals surface area contributed by atoms with Crippen LogP contribution in [-0.4, -0.2) is 32.0 Å². The van der Waals surface area contributed by atoms with E-state index in [1.54, 1.807) is 13.0 Å². The van der Waals surface area contributed by atoms with Crippen LogP contribution in [0.2, 0.25) is 0 Å². The van der Waals surface area contributed by atoms with Gasteiger partial charge in [-0.1, -0.05) is 32.8 Å². The van der Waals surface area contributed by atoms with Crippen molar-refractivity contribution in [2.75, 3.05) is 12.9 Å². The summed E-state index contributed by atoms with van der Waals surface area (Å²) in [6.07, 6.45) is 4.73. The first kappa shape index (κ1) is 18.2. The third-order valence-corrected chi connectivity index (χ3v) is 5.67. The molecule has 0 aromatic rings. The number of ether oxygens (including phenoxy) is 1. The summed E-state index contributed by atoms with van der Waals surface area (Å²) in [4.78, 5) is 12.3. The molecule has 0 spiro atoms. The molecule has 0 heterocycles. The van der Waals surface area contributed by atoms with Crippen LogP contribution in [0.4, 0.5) is 0 Å². The molecule has 1 atom stereocenters. The summed E-state index contributed by atoms with van der Waals surface area (Å²) >= 11 is 0. The van der Waals surface area contributed by atoms with E-state index in [4.69, 9.17) is 4.74 Å². The highest BCUT2D eigenvalue weighted by Crippen LogP contribution is 2.37. The first-order valence-electron chi connectivity index (χ1n) is 6.79. The van der Waals surface area contributed by atoms with Gasteiger partial charge in [0.25, 0.3) is 0 Å². The van der Waals surface area contributed by atoms with Gasteiger partial charge in [0, 0.05) is 6.26 Å². The summed E-state index contributed by atoms with van der Waals surface area (Å²) in [5.41, 5.74) is 0. The predicted octanol–water partition coefficient (Wildman–Crippen LogP) is 2.74. The topological polar surface area (TPSA) is 60.4 Å². The molecule has 0 radical (unpaired) electrons. The normalized spacial score (nSPS) is 15.0. The van der Waals surface area contributed by atoms with Crippen molar-refractivity contribution in [1.82, 2.24) is 0 Å². The maximum atomic E-state index is 12.3. The van der Waals surface area contributed by atoms with Crippen LogP contribution in [-0.2, 0) is 19.4 Å². The predicted molar refractivity (Wildman–Crippen MR) is 77.7 cm³/mol. The van der Waals surface area contributed by atoms with E-state index in [2.05, 4.69) is 6.58 Å². The summed E-state index contributed by atoms with van der Waals surface area (Å²) in [7, 11) is -3.57. The lowest BCUT2D eigenvalue weighted by atomic mass is 9.83. The van der Waals surface area contributed by atoms with E-state index < -0.39 is 20.6 Å². The average molecular weight is 290 g/mol. The van der Waals surface area contributed by atoms with E-state index in [1.165, 1.54) is 0 Å². The molecule has 0 rings (SSSR count). The van der Waals surface area contributed by atoms with Gasteiger partial charge in [0.15, 0.2) is 14.6 Å². The molecule has 4 nitrogen and oxygen atoms in total. The molecule has 112 valence electrons. The van der Waals surface area contributed by atoms with E-state index in [0.29, 0.717) is 19.3 Å². The minimum absolute atomic E-state index is 0.185. The second kappa shape index (κ2) is 7.68. The van der Waals surface area contributed by atoms with Gasteiger partial charge in [-0.15, -0.1) is 6.58 Å². The minimum atomic E-state index is -3.57. The summed E-state index contributed by atoms with van der Waals surface area (Å²) in [5.74, 6) is -0.852. The summed E-state index contributed by atoms with van der Waals surface area (Å²) < 4.78 is 28.2. The number of esters is 1. The van der Waals surface area contributed by atoms with E-state index in [9.17, 15) is 13.2 Å². The fourth-order valence-electron chi connectivity index (χ4n) is 2.63. The second-order valence-electron chi connectivity index (χ2n) is 4.72. The summed E-state index contributed by atoms with van der Waals surface area (Å²) in [5, 5.41) is 0. The Kier molecular flexibility index (Phi) is 7.34. The number of allylic oxidation sites excluding steroid dienone is 1. The Morgan fingerprint density at radius 1 is 1.32 bits per heavy atom. The van der Waals surface area contributed by atoms with Gasteiger partial charge >= 0.3 is 5.97 Å². The molecule has 0 N–H and O–H groups in total. The molecular weight excluding hydrogens is 264 g/mol. The molecule has 0 aromatic carbocycles. The quantitative estimate of drug-likeness (QED) is 0.484. The molecule has 0 aliphatic carbocycles. The minimum Gasteiger partial charge on any atom is -0.465 e. The van der Waals surface area contributed by atoms with Crippen LogP contribution in [0, 0.1) is 5.92 Å². The highest BCUT2D eigenvalue weighted by atomic mass is 32.2. The van der Waals surface area contributed by atoms with Crippen molar-refractivity contribution in [2.24, 2.45) is 5.92 Å². The zero-order chi connectivity index (χ0) is 15.1. The molecule has 0 saturated carbocycles. The van der Waals surface area contributed by atoms with Gasteiger partial charge in [-0.05, 0) is 25.7 Å². The number of carbonyl (C=O) groups is 1. The Morgan fingerprint density at radius 3 is 2.16 bits per heavy atom. The molecule has 0 fully saturated rings. The fraction of sp³-hybridized carbons (Fsp3) is 0.786. The molecule has 19 heavy (non-hydrogen) atoms. The molecule has 0 aliphatic rings. The number of sulfone groups is 1. The van der Waals surface area contributed by atoms with E-state index in [-0.39, 0.29) is 18.9 Å². The van der Waals surface area contributed by atoms with Gasteiger partial charge in [0.2, 0.25) is 0 Å². The Morgan fingerprint density at radius 2 is 1.84 bits per heavy atom. The SMILES string of the molecule is C=CCCC(C(=O)OCC)(C(CC)CC)S(C)(=O)=O. The van der Waals surface area contributed by atoms with Crippen molar-refractivity contribution in [3.63, 3.8) is 0 Å². The molecule has 0 saturated heterocycles. The monoisotopic (exact) mass is 290 g/mol. The molecule has 5 heteroatoms. The van der Waals surface area contributed by atoms with Crippen molar-refractivity contribution in [2.45, 2.75) is 51.2 Å². The zero-order valence-electron chi connectivity index (χ0n) is 12.4. The Balaban J connectivity index is 5.85. The molecular formula is C14H26O4S. The van der Waals surface area contributed by atoms with E-state index >= 15 is 0 Å². The van der Waals surface area contributed by atoms with E-state index in [1.807, 2.05) is 13.8 Å². The lowest BCUT2D eigenvalue weighted by molar-refractivity contribution is -0.148. The smallest absolute Gasteiger partial charge is 0.327 e. The third kappa shape index (κ3) is 3.81. The first-order chi connectivity index (χ1) is 8.81. The van der Waals surface area contributed by atoms with Crippen LogP contribution in [0.1, 0.15) is 46.5 Å². The van der Waals surface area contributed by atoms with Crippen molar-refractivity contribution in [3.05, 3.63) is 12.7 Å². The maximum Gasteiger partial charge on any atom is 0.327 e. The molecule has 0 aliphatic heterocycles. The third-order valence-electron chi connectivity index (χ3n) is 3.65. The van der Waals surface area contributed by atoms with Gasteiger partial charge < -0.3 is 4.74 Å². The molecule has 0 aromatic heterocycles. The van der Waals surface area contributed by atoms with Gasteiger partial charge in [0.05, 0.1) is 6.61 Å². The van der Waals surface area contributed by atoms with Gasteiger partial charge in [-0.3, -0.25) is 4.79 Å². The van der Waals surface area contributed by atoms with Crippen LogP contribution in [0.3, 0.4) is 0 Å². The van der Waals surface area contributed by atoms with Gasteiger partial charge in [-0.2, -0.15) is 0 Å². The number of carbonyl (C=O) groups excluding carboxylic acids is 1. The second-order valence-corrected chi connectivity index (χ2v) is 7.00. The van der Waals surface area contributed by atoms with Crippen LogP contribution in [0.25, 0.3) is 0 Å². The molecule has 1 unspecified atom stereocenters. The first-order valence-corrected chi connectivity index (χ1v) is 8.68. The highest BCUT2D eigenvalue weighted by molar-refractivity contribution is 7.92. The van der Waals surface area contributed by atoms with Crippen molar-refractivity contribution in [1.29, 1.82) is 0 Å². The van der Waals surface area contributed by atoms with Crippen LogP contribution in [0.5, 0.6) is 0 Å². The molecule has 0 bridgehead atoms. The van der Waals surface area contributed by atoms with Crippen molar-refractivity contribution in [3.8, 4) is 0 Å². The van der Waals surface area contributed by atoms with E-state index in [0.717, 1.165) is 6.26 Å². The van der Waals surface area contributed by atoms with Crippen LogP contribution < -0.4 is 0 Å².